The second-order valence-corrected chi connectivity index (χ2v) is 5.29. The number of amides is 2. The molecule has 1 fully saturated rings. The van der Waals surface area contributed by atoms with Gasteiger partial charge in [0.1, 0.15) is 6.04 Å². The van der Waals surface area contributed by atoms with Crippen molar-refractivity contribution in [2.45, 2.75) is 51.4 Å². The van der Waals surface area contributed by atoms with Gasteiger partial charge in [0, 0.05) is 19.5 Å². The minimum Gasteiger partial charge on any atom is -0.481 e. The summed E-state index contributed by atoms with van der Waals surface area (Å²) in [6, 6.07) is -1.54. The van der Waals surface area contributed by atoms with E-state index in [1.54, 1.807) is 0 Å². The lowest BCUT2D eigenvalue weighted by Gasteiger charge is -2.35. The Morgan fingerprint density at radius 3 is 2.29 bits per heavy atom. The quantitative estimate of drug-likeness (QED) is 0.658. The average Bonchev–Trinajstić information content (AvgIpc) is 2.35. The second kappa shape index (κ2) is 7.82. The van der Waals surface area contributed by atoms with Crippen molar-refractivity contribution in [3.05, 3.63) is 0 Å². The lowest BCUT2D eigenvalue weighted by Crippen LogP contribution is -2.54. The van der Waals surface area contributed by atoms with Gasteiger partial charge in [0.05, 0.1) is 12.2 Å². The van der Waals surface area contributed by atoms with E-state index in [1.165, 1.54) is 4.90 Å². The lowest BCUT2D eigenvalue weighted by molar-refractivity contribution is -0.141. The Kier molecular flexibility index (Phi) is 6.41. The highest BCUT2D eigenvalue weighted by Gasteiger charge is 2.28. The van der Waals surface area contributed by atoms with Crippen molar-refractivity contribution in [3.8, 4) is 0 Å². The number of carbonyl (C=O) groups is 3. The number of urea groups is 1. The van der Waals surface area contributed by atoms with E-state index < -0.39 is 24.0 Å². The number of hydrogen-bond donors (Lipinski definition) is 3. The van der Waals surface area contributed by atoms with Gasteiger partial charge in [-0.1, -0.05) is 0 Å². The topological polar surface area (TPSA) is 116 Å². The van der Waals surface area contributed by atoms with E-state index >= 15 is 0 Å². The van der Waals surface area contributed by atoms with E-state index in [-0.39, 0.29) is 31.5 Å². The number of ether oxygens (including phenoxy) is 1. The van der Waals surface area contributed by atoms with E-state index in [4.69, 9.17) is 14.9 Å². The predicted molar refractivity (Wildman–Crippen MR) is 73.0 cm³/mol. The van der Waals surface area contributed by atoms with Crippen molar-refractivity contribution in [1.29, 1.82) is 0 Å². The van der Waals surface area contributed by atoms with Crippen LogP contribution in [-0.2, 0) is 14.3 Å². The van der Waals surface area contributed by atoms with Crippen LogP contribution >= 0.6 is 0 Å². The fourth-order valence-corrected chi connectivity index (χ4v) is 2.30. The molecule has 0 aromatic rings. The molecule has 0 aliphatic carbocycles. The molecule has 1 aliphatic heterocycles. The second-order valence-electron chi connectivity index (χ2n) is 5.29. The van der Waals surface area contributed by atoms with Gasteiger partial charge >= 0.3 is 18.0 Å². The van der Waals surface area contributed by atoms with Gasteiger partial charge in [-0.15, -0.1) is 0 Å². The summed E-state index contributed by atoms with van der Waals surface area (Å²) >= 11 is 0. The SMILES string of the molecule is CC1CN(C(=O)N[C@H](CCCC(=O)O)C(=O)O)CC(C)O1. The van der Waals surface area contributed by atoms with Crippen LogP contribution < -0.4 is 5.32 Å². The molecule has 2 unspecified atom stereocenters. The van der Waals surface area contributed by atoms with Crippen molar-refractivity contribution >= 4 is 18.0 Å². The molecule has 0 saturated carbocycles. The molecular weight excluding hydrogens is 280 g/mol. The van der Waals surface area contributed by atoms with Crippen LogP contribution in [0.3, 0.4) is 0 Å². The van der Waals surface area contributed by atoms with Crippen molar-refractivity contribution in [1.82, 2.24) is 10.2 Å². The zero-order chi connectivity index (χ0) is 16.0. The number of hydrogen-bond acceptors (Lipinski definition) is 4. The molecule has 3 N–H and O–H groups in total. The molecule has 0 aromatic carbocycles. The molecule has 1 rings (SSSR count). The number of rotatable bonds is 6. The largest absolute Gasteiger partial charge is 0.481 e. The first kappa shape index (κ1) is 17.2. The van der Waals surface area contributed by atoms with Gasteiger partial charge in [-0.3, -0.25) is 4.79 Å². The summed E-state index contributed by atoms with van der Waals surface area (Å²) in [5.41, 5.74) is 0. The van der Waals surface area contributed by atoms with Gasteiger partial charge in [0.25, 0.3) is 0 Å². The molecule has 1 heterocycles. The van der Waals surface area contributed by atoms with Crippen LogP contribution in [0, 0.1) is 0 Å². The Bertz CT molecular complexity index is 390. The van der Waals surface area contributed by atoms with Gasteiger partial charge in [0.2, 0.25) is 0 Å². The third-order valence-electron chi connectivity index (χ3n) is 3.19. The number of nitrogens with one attached hydrogen (secondary N) is 1. The molecule has 3 atom stereocenters. The van der Waals surface area contributed by atoms with E-state index in [0.29, 0.717) is 13.1 Å². The van der Waals surface area contributed by atoms with Gasteiger partial charge < -0.3 is 25.2 Å². The van der Waals surface area contributed by atoms with Crippen molar-refractivity contribution in [2.75, 3.05) is 13.1 Å². The zero-order valence-electron chi connectivity index (χ0n) is 12.2. The average molecular weight is 302 g/mol. The highest BCUT2D eigenvalue weighted by atomic mass is 16.5. The minimum atomic E-state index is -1.16. The molecule has 1 aliphatic rings. The maximum Gasteiger partial charge on any atom is 0.326 e. The smallest absolute Gasteiger partial charge is 0.326 e. The summed E-state index contributed by atoms with van der Waals surface area (Å²) in [5.74, 6) is -2.15. The third-order valence-corrected chi connectivity index (χ3v) is 3.19. The molecule has 120 valence electrons. The first-order valence-corrected chi connectivity index (χ1v) is 6.95. The van der Waals surface area contributed by atoms with E-state index in [0.717, 1.165) is 0 Å². The fraction of sp³-hybridized carbons (Fsp3) is 0.769. The molecule has 21 heavy (non-hydrogen) atoms. The highest BCUT2D eigenvalue weighted by molar-refractivity contribution is 5.82. The van der Waals surface area contributed by atoms with E-state index in [9.17, 15) is 14.4 Å². The Morgan fingerprint density at radius 2 is 1.81 bits per heavy atom. The van der Waals surface area contributed by atoms with Crippen LogP contribution in [0.1, 0.15) is 33.1 Å². The first-order valence-electron chi connectivity index (χ1n) is 6.95. The maximum atomic E-state index is 12.1. The Morgan fingerprint density at radius 1 is 1.24 bits per heavy atom. The van der Waals surface area contributed by atoms with Crippen LogP contribution in [0.15, 0.2) is 0 Å². The zero-order valence-corrected chi connectivity index (χ0v) is 12.2. The van der Waals surface area contributed by atoms with E-state index in [2.05, 4.69) is 5.32 Å². The molecule has 8 nitrogen and oxygen atoms in total. The van der Waals surface area contributed by atoms with E-state index in [1.807, 2.05) is 13.8 Å². The summed E-state index contributed by atoms with van der Waals surface area (Å²) in [7, 11) is 0. The Balaban J connectivity index is 2.51. The van der Waals surface area contributed by atoms with Crippen LogP contribution in [-0.4, -0.2) is 64.4 Å². The van der Waals surface area contributed by atoms with Gasteiger partial charge in [0.15, 0.2) is 0 Å². The number of carboxylic acid groups (broad SMARTS) is 2. The molecule has 0 radical (unpaired) electrons. The fourth-order valence-electron chi connectivity index (χ4n) is 2.30. The number of aliphatic carboxylic acids is 2. The lowest BCUT2D eigenvalue weighted by atomic mass is 10.1. The number of nitrogens with zero attached hydrogens (tertiary/aromatic N) is 1. The number of morpholine rings is 1. The van der Waals surface area contributed by atoms with Crippen molar-refractivity contribution in [3.63, 3.8) is 0 Å². The van der Waals surface area contributed by atoms with Crippen LogP contribution in [0.2, 0.25) is 0 Å². The summed E-state index contributed by atoms with van der Waals surface area (Å²) in [5, 5.41) is 20.1. The summed E-state index contributed by atoms with van der Waals surface area (Å²) in [4.78, 5) is 35.2. The predicted octanol–water partition coefficient (Wildman–Crippen LogP) is 0.513. The summed E-state index contributed by atoms with van der Waals surface area (Å²) < 4.78 is 5.51. The maximum absolute atomic E-state index is 12.1. The minimum absolute atomic E-state index is 0.0861. The molecule has 1 saturated heterocycles. The molecule has 0 spiro atoms. The number of carboxylic acids is 2. The van der Waals surface area contributed by atoms with Gasteiger partial charge in [-0.05, 0) is 26.7 Å². The standard InChI is InChI=1S/C13H22N2O6/c1-8-6-15(7-9(2)21-8)13(20)14-10(12(18)19)4-3-5-11(16)17/h8-10H,3-7H2,1-2H3,(H,14,20)(H,16,17)(H,18,19)/t8?,9?,10-/m1/s1. The van der Waals surface area contributed by atoms with Crippen molar-refractivity contribution in [2.24, 2.45) is 0 Å². The van der Waals surface area contributed by atoms with Gasteiger partial charge in [-0.25, -0.2) is 9.59 Å². The van der Waals surface area contributed by atoms with Crippen LogP contribution in [0.5, 0.6) is 0 Å². The highest BCUT2D eigenvalue weighted by Crippen LogP contribution is 2.11. The van der Waals surface area contributed by atoms with Crippen LogP contribution in [0.25, 0.3) is 0 Å². The molecule has 0 bridgehead atoms. The Labute approximate surface area is 123 Å². The molecular formula is C13H22N2O6. The molecule has 2 amide bonds. The monoisotopic (exact) mass is 302 g/mol. The van der Waals surface area contributed by atoms with Crippen molar-refractivity contribution < 1.29 is 29.3 Å². The van der Waals surface area contributed by atoms with Gasteiger partial charge in [-0.2, -0.15) is 0 Å². The summed E-state index contributed by atoms with van der Waals surface area (Å²) in [6.45, 7) is 4.49. The normalized spacial score (nSPS) is 23.4. The molecule has 8 heteroatoms. The number of carbonyl (C=O) groups excluding carboxylic acids is 1. The Hall–Kier alpha value is -1.83. The first-order chi connectivity index (χ1) is 9.79. The summed E-state index contributed by atoms with van der Waals surface area (Å²) in [6.07, 6.45) is -0.0408. The van der Waals surface area contributed by atoms with Crippen LogP contribution in [0.4, 0.5) is 4.79 Å². The third kappa shape index (κ3) is 5.99. The molecule has 0 aromatic heterocycles.